The fraction of sp³-hybridized carbons (Fsp3) is 0.381. The highest BCUT2D eigenvalue weighted by Gasteiger charge is 2.49. The van der Waals surface area contributed by atoms with Crippen LogP contribution >= 0.6 is 0 Å². The topological polar surface area (TPSA) is 207 Å². The zero-order valence-corrected chi connectivity index (χ0v) is 16.8. The Hall–Kier alpha value is -3.13. The zero-order valence-electron chi connectivity index (χ0n) is 16.8. The lowest BCUT2D eigenvalue weighted by molar-refractivity contribution is -0.311. The second-order valence-electron chi connectivity index (χ2n) is 7.74. The molecule has 0 aromatic heterocycles. The number of benzene rings is 2. The van der Waals surface area contributed by atoms with Crippen molar-refractivity contribution in [2.45, 2.75) is 42.9 Å². The van der Waals surface area contributed by atoms with Crippen molar-refractivity contribution < 1.29 is 59.9 Å². The Kier molecular flexibility index (Phi) is 6.05. The third-order valence-electron chi connectivity index (χ3n) is 5.56. The minimum absolute atomic E-state index is 0.140. The van der Waals surface area contributed by atoms with Crippen LogP contribution in [0.1, 0.15) is 22.0 Å². The molecule has 0 radical (unpaired) electrons. The van der Waals surface area contributed by atoms with E-state index in [1.807, 2.05) is 0 Å². The lowest BCUT2D eigenvalue weighted by Crippen LogP contribution is -2.60. The van der Waals surface area contributed by atoms with Crippen LogP contribution in [0.25, 0.3) is 0 Å². The van der Waals surface area contributed by atoms with Gasteiger partial charge in [0.25, 0.3) is 0 Å². The second kappa shape index (κ2) is 8.67. The van der Waals surface area contributed by atoms with Gasteiger partial charge in [0.2, 0.25) is 5.78 Å². The number of fused-ring (bicyclic) bond motifs is 1. The van der Waals surface area contributed by atoms with E-state index in [0.717, 1.165) is 24.3 Å². The summed E-state index contributed by atoms with van der Waals surface area (Å²) in [6, 6.07) is 5.57. The van der Waals surface area contributed by atoms with Crippen LogP contribution in [-0.4, -0.2) is 90.1 Å². The number of carbonyl (C=O) groups excluding carboxylic acids is 1. The van der Waals surface area contributed by atoms with Crippen molar-refractivity contribution in [1.29, 1.82) is 0 Å². The monoisotopic (exact) mass is 466 g/mol. The van der Waals surface area contributed by atoms with Crippen LogP contribution < -0.4 is 4.74 Å². The van der Waals surface area contributed by atoms with E-state index in [9.17, 15) is 45.6 Å². The third-order valence-corrected chi connectivity index (χ3v) is 5.56. The summed E-state index contributed by atoms with van der Waals surface area (Å²) in [7, 11) is 0. The quantitative estimate of drug-likeness (QED) is 0.256. The van der Waals surface area contributed by atoms with Crippen LogP contribution in [0.15, 0.2) is 30.3 Å². The summed E-state index contributed by atoms with van der Waals surface area (Å²) < 4.78 is 16.7. The van der Waals surface area contributed by atoms with E-state index in [4.69, 9.17) is 14.2 Å². The first-order valence-electron chi connectivity index (χ1n) is 9.87. The largest absolute Gasteiger partial charge is 0.508 e. The minimum Gasteiger partial charge on any atom is -0.508 e. The summed E-state index contributed by atoms with van der Waals surface area (Å²) in [6.45, 7) is -0.724. The van der Waals surface area contributed by atoms with E-state index < -0.39 is 72.6 Å². The number of hydrogen-bond acceptors (Lipinski definition) is 12. The fourth-order valence-corrected chi connectivity index (χ4v) is 3.82. The van der Waals surface area contributed by atoms with Gasteiger partial charge in [-0.2, -0.15) is 0 Å². The fourth-order valence-electron chi connectivity index (χ4n) is 3.82. The molecule has 4 rings (SSSR count). The van der Waals surface area contributed by atoms with E-state index in [1.54, 1.807) is 0 Å². The summed E-state index contributed by atoms with van der Waals surface area (Å²) in [5.74, 6) is -3.00. The maximum absolute atomic E-state index is 13.3. The number of aliphatic hydroxyl groups is 4. The van der Waals surface area contributed by atoms with Crippen molar-refractivity contribution in [2.24, 2.45) is 0 Å². The number of aliphatic hydroxyl groups excluding tert-OH is 4. The van der Waals surface area contributed by atoms with Crippen molar-refractivity contribution in [1.82, 2.24) is 0 Å². The molecule has 12 heteroatoms. The van der Waals surface area contributed by atoms with E-state index >= 15 is 0 Å². The predicted octanol–water partition coefficient (Wildman–Crippen LogP) is -0.990. The molecule has 12 nitrogen and oxygen atoms in total. The number of phenols is 4. The van der Waals surface area contributed by atoms with Crippen LogP contribution in [0.2, 0.25) is 0 Å². The van der Waals surface area contributed by atoms with Crippen LogP contribution in [0, 0.1) is 0 Å². The molecule has 1 fully saturated rings. The molecule has 2 aromatic rings. The molecule has 0 amide bonds. The molecule has 33 heavy (non-hydrogen) atoms. The van der Waals surface area contributed by atoms with Gasteiger partial charge in [0.1, 0.15) is 47.2 Å². The van der Waals surface area contributed by atoms with Crippen LogP contribution in [0.5, 0.6) is 28.7 Å². The summed E-state index contributed by atoms with van der Waals surface area (Å²) in [5, 5.41) is 79.2. The van der Waals surface area contributed by atoms with Gasteiger partial charge in [-0.25, -0.2) is 0 Å². The second-order valence-corrected chi connectivity index (χ2v) is 7.74. The molecule has 0 bridgehead atoms. The Morgan fingerprint density at radius 3 is 2.27 bits per heavy atom. The summed E-state index contributed by atoms with van der Waals surface area (Å²) in [5.41, 5.74) is -0.191. The van der Waals surface area contributed by atoms with Crippen LogP contribution in [0.4, 0.5) is 0 Å². The first kappa shape index (κ1) is 23.0. The van der Waals surface area contributed by atoms with E-state index in [-0.39, 0.29) is 22.6 Å². The van der Waals surface area contributed by atoms with Gasteiger partial charge < -0.3 is 55.1 Å². The smallest absolute Gasteiger partial charge is 0.203 e. The Bertz CT molecular complexity index is 1050. The number of ketones is 1. The molecule has 178 valence electrons. The highest BCUT2D eigenvalue weighted by molar-refractivity contribution is 6.05. The maximum Gasteiger partial charge on any atom is 0.203 e. The normalized spacial score (nSPS) is 31.6. The average Bonchev–Trinajstić information content (AvgIpc) is 2.76. The molecule has 0 saturated carbocycles. The summed E-state index contributed by atoms with van der Waals surface area (Å²) >= 11 is 0. The number of hydrogen-bond donors (Lipinski definition) is 8. The highest BCUT2D eigenvalue weighted by atomic mass is 16.7. The molecular formula is C21H22O12. The molecular weight excluding hydrogens is 444 g/mol. The standard InChI is InChI=1S/C21H22O12/c22-6-13-15(27)17(29)18(30)21(32-13)33-20-16(28)14-11(26)4-8(23)5-12(14)31-19(20)7-1-2-9(24)10(25)3-7/h1-5,13,15,17-27,29-30H,6H2/t13-,15-,17+,18-,19-,20+,21+/m1/s1. The first-order chi connectivity index (χ1) is 15.6. The van der Waals surface area contributed by atoms with Crippen molar-refractivity contribution >= 4 is 5.78 Å². The minimum atomic E-state index is -1.82. The molecule has 2 aliphatic rings. The Morgan fingerprint density at radius 1 is 0.879 bits per heavy atom. The van der Waals surface area contributed by atoms with Gasteiger partial charge in [0.15, 0.2) is 30.0 Å². The molecule has 2 heterocycles. The molecule has 2 aromatic carbocycles. The van der Waals surface area contributed by atoms with Crippen LogP contribution in [0.3, 0.4) is 0 Å². The molecule has 0 unspecified atom stereocenters. The van der Waals surface area contributed by atoms with Crippen molar-refractivity contribution in [3.8, 4) is 28.7 Å². The van der Waals surface area contributed by atoms with Crippen molar-refractivity contribution in [3.63, 3.8) is 0 Å². The summed E-state index contributed by atoms with van der Waals surface area (Å²) in [4.78, 5) is 13.3. The number of phenolic OH excluding ortho intramolecular Hbond substituents is 4. The van der Waals surface area contributed by atoms with Gasteiger partial charge in [0, 0.05) is 12.1 Å². The van der Waals surface area contributed by atoms with E-state index in [0.29, 0.717) is 0 Å². The molecule has 0 spiro atoms. The predicted molar refractivity (Wildman–Crippen MR) is 106 cm³/mol. The first-order valence-corrected chi connectivity index (χ1v) is 9.87. The van der Waals surface area contributed by atoms with Gasteiger partial charge in [-0.05, 0) is 17.7 Å². The Labute approximate surface area is 186 Å². The zero-order chi connectivity index (χ0) is 24.0. The Balaban J connectivity index is 1.75. The number of ether oxygens (including phenoxy) is 3. The molecule has 8 N–H and O–H groups in total. The summed E-state index contributed by atoms with van der Waals surface area (Å²) in [6.07, 6.45) is -11.2. The van der Waals surface area contributed by atoms with Gasteiger partial charge in [0.05, 0.1) is 6.61 Å². The van der Waals surface area contributed by atoms with Crippen LogP contribution in [-0.2, 0) is 9.47 Å². The highest BCUT2D eigenvalue weighted by Crippen LogP contribution is 2.44. The van der Waals surface area contributed by atoms with Gasteiger partial charge in [-0.1, -0.05) is 6.07 Å². The number of rotatable bonds is 4. The van der Waals surface area contributed by atoms with E-state index in [2.05, 4.69) is 0 Å². The number of Topliss-reactive ketones (excluding diaryl/α,β-unsaturated/α-hetero) is 1. The molecule has 0 aliphatic carbocycles. The van der Waals surface area contributed by atoms with Crippen molar-refractivity contribution in [2.75, 3.05) is 6.61 Å². The number of carbonyl (C=O) groups is 1. The van der Waals surface area contributed by atoms with Gasteiger partial charge >= 0.3 is 0 Å². The lowest BCUT2D eigenvalue weighted by Gasteiger charge is -2.42. The molecule has 7 atom stereocenters. The third kappa shape index (κ3) is 4.04. The van der Waals surface area contributed by atoms with Crippen molar-refractivity contribution in [3.05, 3.63) is 41.5 Å². The Morgan fingerprint density at radius 2 is 1.61 bits per heavy atom. The van der Waals surface area contributed by atoms with E-state index in [1.165, 1.54) is 6.07 Å². The number of aromatic hydroxyl groups is 4. The molecule has 2 aliphatic heterocycles. The lowest BCUT2D eigenvalue weighted by atomic mass is 9.92. The average molecular weight is 466 g/mol. The van der Waals surface area contributed by atoms with Gasteiger partial charge in [-0.3, -0.25) is 4.79 Å². The SMILES string of the molecule is O=C1c2c(O)cc(O)cc2O[C@H](c2ccc(O)c(O)c2)[C@H]1O[C@@H]1O[C@H](CO)[C@@H](O)[C@H](O)[C@H]1O. The van der Waals surface area contributed by atoms with Gasteiger partial charge in [-0.15, -0.1) is 0 Å². The molecule has 1 saturated heterocycles. The maximum atomic E-state index is 13.3.